The number of carbonyl (C=O) groups is 1. The molecule has 8 heteroatoms. The van der Waals surface area contributed by atoms with E-state index in [0.29, 0.717) is 22.7 Å². The van der Waals surface area contributed by atoms with Gasteiger partial charge in [0.15, 0.2) is 4.96 Å². The number of aromatic nitrogens is 2. The van der Waals surface area contributed by atoms with Gasteiger partial charge >= 0.3 is 0 Å². The Bertz CT molecular complexity index is 1260. The smallest absolute Gasteiger partial charge is 0.271 e. The van der Waals surface area contributed by atoms with Gasteiger partial charge in [-0.25, -0.2) is 4.98 Å². The van der Waals surface area contributed by atoms with Gasteiger partial charge in [0.25, 0.3) is 11.5 Å². The third-order valence-corrected chi connectivity index (χ3v) is 5.64. The second kappa shape index (κ2) is 8.38. The van der Waals surface area contributed by atoms with Crippen LogP contribution < -0.4 is 15.6 Å². The second-order valence-corrected chi connectivity index (χ2v) is 7.76. The number of aromatic hydroxyl groups is 1. The minimum Gasteiger partial charge on any atom is -0.508 e. The summed E-state index contributed by atoms with van der Waals surface area (Å²) in [6, 6.07) is 14.7. The third kappa shape index (κ3) is 4.04. The number of benzene rings is 2. The Morgan fingerprint density at radius 2 is 2.03 bits per heavy atom. The molecule has 0 saturated carbocycles. The minimum atomic E-state index is -0.556. The van der Waals surface area contributed by atoms with Crippen LogP contribution in [0.4, 0.5) is 0 Å². The monoisotopic (exact) mass is 421 g/mol. The first-order chi connectivity index (χ1) is 14.5. The first kappa shape index (κ1) is 19.7. The van der Waals surface area contributed by atoms with Crippen molar-refractivity contribution in [2.75, 3.05) is 7.11 Å². The molecule has 0 radical (unpaired) electrons. The van der Waals surface area contributed by atoms with E-state index in [1.165, 1.54) is 35.1 Å². The molecule has 0 saturated heterocycles. The number of hydrogen-bond acceptors (Lipinski definition) is 6. The highest BCUT2D eigenvalue weighted by atomic mass is 32.1. The summed E-state index contributed by atoms with van der Waals surface area (Å²) in [6.07, 6.45) is 3.71. The van der Waals surface area contributed by atoms with Crippen LogP contribution in [0.5, 0.6) is 11.5 Å². The van der Waals surface area contributed by atoms with E-state index in [1.807, 2.05) is 30.3 Å². The van der Waals surface area contributed by atoms with Gasteiger partial charge in [0, 0.05) is 35.8 Å². The van der Waals surface area contributed by atoms with Crippen molar-refractivity contribution in [1.29, 1.82) is 0 Å². The average Bonchev–Trinajstić information content (AvgIpc) is 3.17. The quantitative estimate of drug-likeness (QED) is 0.499. The molecule has 2 aromatic carbocycles. The lowest BCUT2D eigenvalue weighted by molar-refractivity contribution is 0.0948. The molecular formula is C22H19N3O4S. The van der Waals surface area contributed by atoms with E-state index in [0.717, 1.165) is 10.4 Å². The molecule has 0 atom stereocenters. The number of phenolic OH excluding ortho intramolecular Hbond substituents is 1. The molecule has 30 heavy (non-hydrogen) atoms. The fourth-order valence-corrected chi connectivity index (χ4v) is 4.04. The van der Waals surface area contributed by atoms with Gasteiger partial charge in [-0.15, -0.1) is 11.3 Å². The van der Waals surface area contributed by atoms with Crippen LogP contribution in [0.3, 0.4) is 0 Å². The summed E-state index contributed by atoms with van der Waals surface area (Å²) in [6.45, 7) is 0.0485. The Labute approximate surface area is 176 Å². The number of rotatable bonds is 6. The lowest BCUT2D eigenvalue weighted by Gasteiger charge is -2.08. The van der Waals surface area contributed by atoms with Crippen molar-refractivity contribution in [2.24, 2.45) is 0 Å². The molecule has 0 unspecified atom stereocenters. The minimum absolute atomic E-state index is 0.0322. The zero-order chi connectivity index (χ0) is 21.1. The number of nitrogens with one attached hydrogen (secondary N) is 1. The van der Waals surface area contributed by atoms with Crippen LogP contribution >= 0.6 is 11.3 Å². The molecule has 0 spiro atoms. The third-order valence-electron chi connectivity index (χ3n) is 4.65. The van der Waals surface area contributed by atoms with Gasteiger partial charge in [-0.05, 0) is 23.8 Å². The fourth-order valence-electron chi connectivity index (χ4n) is 3.07. The Morgan fingerprint density at radius 1 is 1.23 bits per heavy atom. The predicted octanol–water partition coefficient (Wildman–Crippen LogP) is 2.99. The first-order valence-corrected chi connectivity index (χ1v) is 10.0. The van der Waals surface area contributed by atoms with Gasteiger partial charge in [-0.2, -0.15) is 0 Å². The van der Waals surface area contributed by atoms with Gasteiger partial charge < -0.3 is 15.2 Å². The number of phenols is 1. The van der Waals surface area contributed by atoms with Crippen molar-refractivity contribution < 1.29 is 14.6 Å². The van der Waals surface area contributed by atoms with Crippen molar-refractivity contribution in [3.8, 4) is 11.5 Å². The van der Waals surface area contributed by atoms with Crippen molar-refractivity contribution in [2.45, 2.75) is 13.0 Å². The number of amides is 1. The van der Waals surface area contributed by atoms with Crippen LogP contribution in [-0.2, 0) is 13.0 Å². The van der Waals surface area contributed by atoms with Gasteiger partial charge in [0.2, 0.25) is 0 Å². The molecule has 2 aromatic heterocycles. The van der Waals surface area contributed by atoms with Crippen molar-refractivity contribution in [3.63, 3.8) is 0 Å². The van der Waals surface area contributed by atoms with Crippen LogP contribution in [0.25, 0.3) is 4.96 Å². The summed E-state index contributed by atoms with van der Waals surface area (Å²) >= 11 is 1.42. The Morgan fingerprint density at radius 3 is 2.80 bits per heavy atom. The van der Waals surface area contributed by atoms with Gasteiger partial charge in [0.05, 0.1) is 7.11 Å². The van der Waals surface area contributed by atoms with Gasteiger partial charge in [-0.1, -0.05) is 30.3 Å². The normalized spacial score (nSPS) is 10.8. The summed E-state index contributed by atoms with van der Waals surface area (Å²) < 4.78 is 6.53. The molecule has 2 heterocycles. The van der Waals surface area contributed by atoms with Crippen LogP contribution in [0.2, 0.25) is 0 Å². The maximum atomic E-state index is 12.8. The van der Waals surface area contributed by atoms with Crippen LogP contribution in [-0.4, -0.2) is 27.5 Å². The number of ether oxygens (including phenoxy) is 1. The topological polar surface area (TPSA) is 92.9 Å². The molecule has 0 aliphatic carbocycles. The lowest BCUT2D eigenvalue weighted by Crippen LogP contribution is -2.30. The van der Waals surface area contributed by atoms with Crippen molar-refractivity contribution in [3.05, 3.63) is 92.8 Å². The second-order valence-electron chi connectivity index (χ2n) is 6.67. The molecule has 0 bridgehead atoms. The summed E-state index contributed by atoms with van der Waals surface area (Å²) in [5, 5.41) is 12.6. The Hall–Kier alpha value is -3.65. The predicted molar refractivity (Wildman–Crippen MR) is 114 cm³/mol. The molecule has 7 nitrogen and oxygen atoms in total. The molecule has 0 aliphatic rings. The summed E-state index contributed by atoms with van der Waals surface area (Å²) in [5.74, 6) is 0.0362. The molecular weight excluding hydrogens is 402 g/mol. The SMILES string of the molecule is COc1ccc(O)c(CNC(=O)c2cnc3sc(Cc4ccccc4)cn3c2=O)c1. The zero-order valence-electron chi connectivity index (χ0n) is 16.2. The molecule has 4 rings (SSSR count). The van der Waals surface area contributed by atoms with E-state index in [2.05, 4.69) is 10.3 Å². The van der Waals surface area contributed by atoms with E-state index >= 15 is 0 Å². The molecule has 0 aliphatic heterocycles. The standard InChI is InChI=1S/C22H19N3O4S/c1-29-16-7-8-19(26)15(10-16)11-23-20(27)18-12-24-22-25(21(18)28)13-17(30-22)9-14-5-3-2-4-6-14/h2-8,10,12-13,26H,9,11H2,1H3,(H,23,27). The van der Waals surface area contributed by atoms with Crippen LogP contribution in [0.15, 0.2) is 65.7 Å². The van der Waals surface area contributed by atoms with Crippen molar-refractivity contribution in [1.82, 2.24) is 14.7 Å². The number of thiazole rings is 1. The van der Waals surface area contributed by atoms with Gasteiger partial charge in [0.1, 0.15) is 17.1 Å². The molecule has 4 aromatic rings. The summed E-state index contributed by atoms with van der Waals surface area (Å²) in [4.78, 5) is 31.2. The zero-order valence-corrected chi connectivity index (χ0v) is 17.0. The summed E-state index contributed by atoms with van der Waals surface area (Å²) in [5.41, 5.74) is 1.13. The van der Waals surface area contributed by atoms with E-state index in [1.54, 1.807) is 18.3 Å². The highest BCUT2D eigenvalue weighted by Gasteiger charge is 2.16. The number of carbonyl (C=O) groups excluding carboxylic acids is 1. The number of hydrogen-bond donors (Lipinski definition) is 2. The van der Waals surface area contributed by atoms with E-state index in [9.17, 15) is 14.7 Å². The molecule has 1 amide bonds. The molecule has 152 valence electrons. The average molecular weight is 421 g/mol. The maximum absolute atomic E-state index is 12.8. The van der Waals surface area contributed by atoms with E-state index < -0.39 is 11.5 Å². The summed E-state index contributed by atoms with van der Waals surface area (Å²) in [7, 11) is 1.52. The van der Waals surface area contributed by atoms with Crippen LogP contribution in [0.1, 0.15) is 26.4 Å². The van der Waals surface area contributed by atoms with Gasteiger partial charge in [-0.3, -0.25) is 14.0 Å². The highest BCUT2D eigenvalue weighted by molar-refractivity contribution is 7.17. The maximum Gasteiger partial charge on any atom is 0.271 e. The number of methoxy groups -OCH3 is 1. The van der Waals surface area contributed by atoms with E-state index in [4.69, 9.17) is 4.74 Å². The highest BCUT2D eigenvalue weighted by Crippen LogP contribution is 2.23. The number of fused-ring (bicyclic) bond motifs is 1. The first-order valence-electron chi connectivity index (χ1n) is 9.23. The number of nitrogens with zero attached hydrogens (tertiary/aromatic N) is 2. The largest absolute Gasteiger partial charge is 0.508 e. The van der Waals surface area contributed by atoms with E-state index in [-0.39, 0.29) is 17.9 Å². The Kier molecular flexibility index (Phi) is 5.49. The molecule has 2 N–H and O–H groups in total. The fraction of sp³-hybridized carbons (Fsp3) is 0.136. The van der Waals surface area contributed by atoms with Crippen molar-refractivity contribution >= 4 is 22.2 Å². The van der Waals surface area contributed by atoms with Crippen LogP contribution in [0, 0.1) is 0 Å². The Balaban J connectivity index is 1.54. The lowest BCUT2D eigenvalue weighted by atomic mass is 10.1. The molecule has 0 fully saturated rings.